The number of rotatable bonds is 2. The van der Waals surface area contributed by atoms with E-state index < -0.39 is 0 Å². The zero-order chi connectivity index (χ0) is 15.8. The molecule has 1 N–H and O–H groups in total. The molecule has 2 aromatic heterocycles. The van der Waals surface area contributed by atoms with Crippen molar-refractivity contribution in [2.75, 3.05) is 5.32 Å². The maximum Gasteiger partial charge on any atom is 0.226 e. The fraction of sp³-hybridized carbons (Fsp3) is 0.118. The summed E-state index contributed by atoms with van der Waals surface area (Å²) < 4.78 is 14.9. The summed E-state index contributed by atoms with van der Waals surface area (Å²) in [5.74, 6) is 0.0773. The maximum atomic E-state index is 13.1. The van der Waals surface area contributed by atoms with Gasteiger partial charge in [0, 0.05) is 18.5 Å². The van der Waals surface area contributed by atoms with Crippen LogP contribution in [0.3, 0.4) is 0 Å². The van der Waals surface area contributed by atoms with Crippen molar-refractivity contribution in [2.24, 2.45) is 0 Å². The predicted octanol–water partition coefficient (Wildman–Crippen LogP) is 2.88. The molecule has 4 rings (SSSR count). The summed E-state index contributed by atoms with van der Waals surface area (Å²) in [4.78, 5) is 20.7. The number of halogens is 1. The zero-order valence-corrected chi connectivity index (χ0v) is 12.1. The minimum Gasteiger partial charge on any atom is -0.310 e. The molecule has 5 nitrogen and oxygen atoms in total. The monoisotopic (exact) mass is 308 g/mol. The highest BCUT2D eigenvalue weighted by atomic mass is 19.1. The fourth-order valence-corrected chi connectivity index (χ4v) is 2.87. The van der Waals surface area contributed by atoms with Crippen LogP contribution in [0.5, 0.6) is 0 Å². The number of carbonyl (C=O) groups is 1. The van der Waals surface area contributed by atoms with Gasteiger partial charge in [-0.3, -0.25) is 14.3 Å². The lowest BCUT2D eigenvalue weighted by Gasteiger charge is -2.23. The summed E-state index contributed by atoms with van der Waals surface area (Å²) in [5, 5.41) is 2.88. The van der Waals surface area contributed by atoms with Crippen molar-refractivity contribution >= 4 is 11.7 Å². The second-order valence-electron chi connectivity index (χ2n) is 5.42. The molecule has 23 heavy (non-hydrogen) atoms. The fourth-order valence-electron chi connectivity index (χ4n) is 2.87. The number of nitrogens with one attached hydrogen (secondary N) is 1. The molecule has 1 aliphatic heterocycles. The van der Waals surface area contributed by atoms with Crippen molar-refractivity contribution in [3.05, 3.63) is 72.2 Å². The number of aromatic nitrogens is 3. The molecular formula is C17H13FN4O. The predicted molar refractivity (Wildman–Crippen MR) is 82.8 cm³/mol. The normalized spacial score (nSPS) is 16.7. The van der Waals surface area contributed by atoms with Crippen molar-refractivity contribution in [2.45, 2.75) is 12.3 Å². The molecule has 0 saturated heterocycles. The minimum atomic E-state index is -0.296. The van der Waals surface area contributed by atoms with Crippen LogP contribution < -0.4 is 5.32 Å². The Labute approximate surface area is 131 Å². The van der Waals surface area contributed by atoms with Gasteiger partial charge in [0.25, 0.3) is 0 Å². The van der Waals surface area contributed by atoms with Crippen LogP contribution in [0.25, 0.3) is 5.69 Å². The van der Waals surface area contributed by atoms with Crippen LogP contribution in [0, 0.1) is 5.82 Å². The standard InChI is InChI=1S/C17H13FN4O/c18-12-5-3-11(4-6-12)14-8-15(23)21-17-16(14)20-10-22(17)13-2-1-7-19-9-13/h1-7,9-10,14H,8H2,(H,21,23). The molecule has 3 heterocycles. The van der Waals surface area contributed by atoms with E-state index in [-0.39, 0.29) is 17.6 Å². The van der Waals surface area contributed by atoms with Crippen LogP contribution in [-0.4, -0.2) is 20.4 Å². The highest BCUT2D eigenvalue weighted by molar-refractivity contribution is 5.94. The Hall–Kier alpha value is -3.02. The number of nitrogens with zero attached hydrogens (tertiary/aromatic N) is 3. The van der Waals surface area contributed by atoms with E-state index >= 15 is 0 Å². The number of imidazole rings is 1. The molecule has 1 amide bonds. The number of amides is 1. The minimum absolute atomic E-state index is 0.0857. The van der Waals surface area contributed by atoms with Gasteiger partial charge in [-0.15, -0.1) is 0 Å². The van der Waals surface area contributed by atoms with Gasteiger partial charge >= 0.3 is 0 Å². The highest BCUT2D eigenvalue weighted by Crippen LogP contribution is 2.37. The third-order valence-electron chi connectivity index (χ3n) is 3.97. The number of anilines is 1. The highest BCUT2D eigenvalue weighted by Gasteiger charge is 2.30. The van der Waals surface area contributed by atoms with Gasteiger partial charge in [0.2, 0.25) is 5.91 Å². The molecule has 1 aliphatic rings. The van der Waals surface area contributed by atoms with Crippen LogP contribution in [0.2, 0.25) is 0 Å². The van der Waals surface area contributed by atoms with Crippen molar-refractivity contribution < 1.29 is 9.18 Å². The Morgan fingerprint density at radius 2 is 2.04 bits per heavy atom. The van der Waals surface area contributed by atoms with Gasteiger partial charge in [-0.25, -0.2) is 9.37 Å². The zero-order valence-electron chi connectivity index (χ0n) is 12.1. The Morgan fingerprint density at radius 3 is 2.78 bits per heavy atom. The Kier molecular flexibility index (Phi) is 3.15. The van der Waals surface area contributed by atoms with E-state index in [1.165, 1.54) is 12.1 Å². The molecule has 1 atom stereocenters. The second-order valence-corrected chi connectivity index (χ2v) is 5.42. The maximum absolute atomic E-state index is 13.1. The second kappa shape index (κ2) is 5.31. The molecular weight excluding hydrogens is 295 g/mol. The first-order valence-corrected chi connectivity index (χ1v) is 7.25. The number of fused-ring (bicyclic) bond motifs is 1. The summed E-state index contributed by atoms with van der Waals surface area (Å²) in [6.07, 6.45) is 5.36. The first kappa shape index (κ1) is 13.6. The van der Waals surface area contributed by atoms with Crippen LogP contribution in [0.4, 0.5) is 10.2 Å². The molecule has 0 spiro atoms. The molecule has 0 bridgehead atoms. The SMILES string of the molecule is O=C1CC(c2ccc(F)cc2)c2ncn(-c3cccnc3)c2N1. The smallest absolute Gasteiger partial charge is 0.226 e. The third kappa shape index (κ3) is 2.38. The largest absolute Gasteiger partial charge is 0.310 e. The van der Waals surface area contributed by atoms with Crippen molar-refractivity contribution in [1.82, 2.24) is 14.5 Å². The summed E-state index contributed by atoms with van der Waals surface area (Å²) in [6.45, 7) is 0. The van der Waals surface area contributed by atoms with Crippen LogP contribution >= 0.6 is 0 Å². The van der Waals surface area contributed by atoms with Crippen molar-refractivity contribution in [1.29, 1.82) is 0 Å². The lowest BCUT2D eigenvalue weighted by molar-refractivity contribution is -0.116. The van der Waals surface area contributed by atoms with Gasteiger partial charge in [0.1, 0.15) is 18.0 Å². The van der Waals surface area contributed by atoms with E-state index in [0.717, 1.165) is 16.9 Å². The van der Waals surface area contributed by atoms with Crippen molar-refractivity contribution in [3.8, 4) is 5.69 Å². The van der Waals surface area contributed by atoms with Crippen LogP contribution in [0.15, 0.2) is 55.1 Å². The quantitative estimate of drug-likeness (QED) is 0.792. The van der Waals surface area contributed by atoms with Gasteiger partial charge in [0.05, 0.1) is 17.6 Å². The summed E-state index contributed by atoms with van der Waals surface area (Å²) in [7, 11) is 0. The summed E-state index contributed by atoms with van der Waals surface area (Å²) >= 11 is 0. The first-order valence-electron chi connectivity index (χ1n) is 7.25. The number of hydrogen-bond acceptors (Lipinski definition) is 3. The topological polar surface area (TPSA) is 59.8 Å². The van der Waals surface area contributed by atoms with E-state index in [1.54, 1.807) is 35.4 Å². The molecule has 114 valence electrons. The van der Waals surface area contributed by atoms with E-state index in [4.69, 9.17) is 0 Å². The van der Waals surface area contributed by atoms with E-state index in [1.807, 2.05) is 12.1 Å². The average molecular weight is 308 g/mol. The molecule has 0 fully saturated rings. The van der Waals surface area contributed by atoms with Crippen LogP contribution in [-0.2, 0) is 4.79 Å². The molecule has 3 aromatic rings. The lowest BCUT2D eigenvalue weighted by Crippen LogP contribution is -2.24. The Morgan fingerprint density at radius 1 is 1.22 bits per heavy atom. The van der Waals surface area contributed by atoms with E-state index in [2.05, 4.69) is 15.3 Å². The van der Waals surface area contributed by atoms with Gasteiger partial charge in [-0.2, -0.15) is 0 Å². The molecule has 0 aliphatic carbocycles. The number of pyridine rings is 1. The Balaban J connectivity index is 1.81. The molecule has 1 unspecified atom stereocenters. The molecule has 0 saturated carbocycles. The lowest BCUT2D eigenvalue weighted by atomic mass is 9.90. The van der Waals surface area contributed by atoms with Gasteiger partial charge in [-0.05, 0) is 29.8 Å². The van der Waals surface area contributed by atoms with E-state index in [0.29, 0.717) is 12.2 Å². The van der Waals surface area contributed by atoms with Gasteiger partial charge in [0.15, 0.2) is 0 Å². The third-order valence-corrected chi connectivity index (χ3v) is 3.97. The Bertz CT molecular complexity index is 858. The van der Waals surface area contributed by atoms with Crippen LogP contribution in [0.1, 0.15) is 23.6 Å². The first-order chi connectivity index (χ1) is 11.2. The summed E-state index contributed by atoms with van der Waals surface area (Å²) in [5.41, 5.74) is 2.47. The molecule has 1 aromatic carbocycles. The summed E-state index contributed by atoms with van der Waals surface area (Å²) in [6, 6.07) is 9.92. The van der Waals surface area contributed by atoms with Crippen molar-refractivity contribution in [3.63, 3.8) is 0 Å². The molecule has 0 radical (unpaired) electrons. The van der Waals surface area contributed by atoms with E-state index in [9.17, 15) is 9.18 Å². The number of hydrogen-bond donors (Lipinski definition) is 1. The van der Waals surface area contributed by atoms with Gasteiger partial charge < -0.3 is 5.32 Å². The number of benzene rings is 1. The molecule has 6 heteroatoms. The van der Waals surface area contributed by atoms with Gasteiger partial charge in [-0.1, -0.05) is 12.1 Å². The number of carbonyl (C=O) groups excluding carboxylic acids is 1. The average Bonchev–Trinajstić information content (AvgIpc) is 2.99.